The van der Waals surface area contributed by atoms with Crippen molar-refractivity contribution in [3.63, 3.8) is 0 Å². The summed E-state index contributed by atoms with van der Waals surface area (Å²) in [5, 5.41) is 8.14. The molecule has 7 nitrogen and oxygen atoms in total. The van der Waals surface area contributed by atoms with E-state index in [-0.39, 0.29) is 17.1 Å². The second-order valence-corrected chi connectivity index (χ2v) is 7.76. The number of thioether (sulfide) groups is 1. The highest BCUT2D eigenvalue weighted by Gasteiger charge is 2.31. The number of rotatable bonds is 6. The Bertz CT molecular complexity index is 1110. The number of carbonyl (C=O) groups is 3. The Hall–Kier alpha value is -3.65. The molecule has 2 aromatic carbocycles. The van der Waals surface area contributed by atoms with Crippen LogP contribution in [0.4, 0.5) is 10.5 Å². The molecule has 0 radical (unpaired) electrons. The van der Waals surface area contributed by atoms with Crippen molar-refractivity contribution >= 4 is 40.6 Å². The fourth-order valence-electron chi connectivity index (χ4n) is 2.99. The maximum atomic E-state index is 12.3. The summed E-state index contributed by atoms with van der Waals surface area (Å²) in [6, 6.07) is 16.7. The maximum Gasteiger partial charge on any atom is 0.286 e. The van der Waals surface area contributed by atoms with Crippen LogP contribution in [0.1, 0.15) is 11.1 Å². The average Bonchev–Trinajstić information content (AvgIpc) is 3.34. The van der Waals surface area contributed by atoms with Gasteiger partial charge in [-0.15, -0.1) is 0 Å². The van der Waals surface area contributed by atoms with Crippen molar-refractivity contribution in [3.05, 3.63) is 78.0 Å². The van der Waals surface area contributed by atoms with Crippen molar-refractivity contribution in [2.24, 2.45) is 0 Å². The van der Waals surface area contributed by atoms with Gasteiger partial charge in [-0.05, 0) is 30.2 Å². The number of anilines is 1. The third-order valence-corrected chi connectivity index (χ3v) is 5.44. The van der Waals surface area contributed by atoms with Gasteiger partial charge >= 0.3 is 0 Å². The van der Waals surface area contributed by atoms with Gasteiger partial charge in [0.05, 0.1) is 11.4 Å². The third kappa shape index (κ3) is 4.66. The number of imide groups is 1. The predicted molar refractivity (Wildman–Crippen MR) is 115 cm³/mol. The first-order valence-electron chi connectivity index (χ1n) is 9.18. The fourth-order valence-corrected chi connectivity index (χ4v) is 3.85. The standard InChI is InChI=1S/C22H17N3O4S/c26-19(11-8-16-13-23-29-20(16)15-4-2-1-3-5-15)24-17-9-6-14(7-10-17)12-18-21(27)25-22(28)30-18/h1-11,13,18H,12H2,(H,24,26)(H,25,27,28)/b11-8+. The van der Waals surface area contributed by atoms with Crippen molar-refractivity contribution in [2.45, 2.75) is 11.7 Å². The van der Waals surface area contributed by atoms with E-state index in [2.05, 4.69) is 15.8 Å². The number of hydrogen-bond donors (Lipinski definition) is 2. The van der Waals surface area contributed by atoms with Crippen LogP contribution in [0, 0.1) is 0 Å². The molecule has 1 aliphatic heterocycles. The molecule has 0 saturated carbocycles. The molecular weight excluding hydrogens is 402 g/mol. The molecule has 1 saturated heterocycles. The van der Waals surface area contributed by atoms with Crippen LogP contribution in [0.15, 0.2) is 71.4 Å². The molecule has 1 atom stereocenters. The van der Waals surface area contributed by atoms with Gasteiger partial charge in [-0.3, -0.25) is 19.7 Å². The quantitative estimate of drug-likeness (QED) is 0.588. The van der Waals surface area contributed by atoms with Crippen LogP contribution in [0.5, 0.6) is 0 Å². The van der Waals surface area contributed by atoms with E-state index in [9.17, 15) is 14.4 Å². The van der Waals surface area contributed by atoms with E-state index in [1.54, 1.807) is 24.4 Å². The minimum atomic E-state index is -0.414. The first-order valence-corrected chi connectivity index (χ1v) is 10.1. The summed E-state index contributed by atoms with van der Waals surface area (Å²) < 4.78 is 5.30. The number of nitrogens with one attached hydrogen (secondary N) is 2. The van der Waals surface area contributed by atoms with Gasteiger partial charge in [0, 0.05) is 22.9 Å². The van der Waals surface area contributed by atoms with Crippen molar-refractivity contribution in [1.29, 1.82) is 0 Å². The monoisotopic (exact) mass is 419 g/mol. The number of carbonyl (C=O) groups excluding carboxylic acids is 3. The van der Waals surface area contributed by atoms with Crippen LogP contribution in [-0.2, 0) is 16.0 Å². The Morgan fingerprint density at radius 2 is 1.90 bits per heavy atom. The Morgan fingerprint density at radius 3 is 2.60 bits per heavy atom. The van der Waals surface area contributed by atoms with Gasteiger partial charge in [-0.2, -0.15) is 0 Å². The molecule has 1 fully saturated rings. The number of amides is 3. The summed E-state index contributed by atoms with van der Waals surface area (Å²) >= 11 is 0.997. The van der Waals surface area contributed by atoms with Gasteiger partial charge in [0.25, 0.3) is 5.24 Å². The highest BCUT2D eigenvalue weighted by atomic mass is 32.2. The zero-order valence-electron chi connectivity index (χ0n) is 15.7. The molecule has 150 valence electrons. The van der Waals surface area contributed by atoms with E-state index in [0.29, 0.717) is 23.4 Å². The van der Waals surface area contributed by atoms with Crippen molar-refractivity contribution in [1.82, 2.24) is 10.5 Å². The lowest BCUT2D eigenvalue weighted by Crippen LogP contribution is -2.25. The number of benzene rings is 2. The highest BCUT2D eigenvalue weighted by Crippen LogP contribution is 2.25. The van der Waals surface area contributed by atoms with Crippen molar-refractivity contribution < 1.29 is 18.9 Å². The van der Waals surface area contributed by atoms with Crippen molar-refractivity contribution in [3.8, 4) is 11.3 Å². The molecule has 3 amide bonds. The van der Waals surface area contributed by atoms with Crippen LogP contribution in [0.25, 0.3) is 17.4 Å². The summed E-state index contributed by atoms with van der Waals surface area (Å²) in [6.45, 7) is 0. The van der Waals surface area contributed by atoms with Gasteiger partial charge in [0.1, 0.15) is 0 Å². The second kappa shape index (κ2) is 8.79. The maximum absolute atomic E-state index is 12.3. The molecule has 30 heavy (non-hydrogen) atoms. The van der Waals surface area contributed by atoms with Gasteiger partial charge in [0.2, 0.25) is 11.8 Å². The molecule has 0 spiro atoms. The van der Waals surface area contributed by atoms with Crippen LogP contribution < -0.4 is 10.6 Å². The largest absolute Gasteiger partial charge is 0.356 e. The predicted octanol–water partition coefficient (Wildman–Crippen LogP) is 3.89. The smallest absolute Gasteiger partial charge is 0.286 e. The molecule has 1 unspecified atom stereocenters. The van der Waals surface area contributed by atoms with Gasteiger partial charge < -0.3 is 9.84 Å². The van der Waals surface area contributed by atoms with E-state index in [4.69, 9.17) is 4.52 Å². The third-order valence-electron chi connectivity index (χ3n) is 4.46. The molecule has 3 aromatic rings. The minimum absolute atomic E-state index is 0.267. The number of aromatic nitrogens is 1. The first-order chi connectivity index (χ1) is 14.6. The minimum Gasteiger partial charge on any atom is -0.356 e. The lowest BCUT2D eigenvalue weighted by atomic mass is 10.1. The van der Waals surface area contributed by atoms with Crippen LogP contribution in [-0.4, -0.2) is 27.5 Å². The molecule has 1 aromatic heterocycles. The number of hydrogen-bond acceptors (Lipinski definition) is 6. The topological polar surface area (TPSA) is 101 Å². The summed E-state index contributed by atoms with van der Waals surface area (Å²) in [6.07, 6.45) is 5.07. The molecular formula is C22H17N3O4S. The number of nitrogens with zero attached hydrogens (tertiary/aromatic N) is 1. The molecule has 4 rings (SSSR count). The van der Waals surface area contributed by atoms with E-state index in [1.807, 2.05) is 42.5 Å². The van der Waals surface area contributed by atoms with Gasteiger partial charge in [-0.25, -0.2) is 0 Å². The Labute approximate surface area is 176 Å². The zero-order valence-corrected chi connectivity index (χ0v) is 16.5. The Kier molecular flexibility index (Phi) is 5.76. The van der Waals surface area contributed by atoms with E-state index in [0.717, 1.165) is 22.9 Å². The summed E-state index contributed by atoms with van der Waals surface area (Å²) in [5.74, 6) is 0.0340. The fraction of sp³-hybridized carbons (Fsp3) is 0.0909. The summed E-state index contributed by atoms with van der Waals surface area (Å²) in [7, 11) is 0. The lowest BCUT2D eigenvalue weighted by molar-refractivity contribution is -0.119. The van der Waals surface area contributed by atoms with E-state index >= 15 is 0 Å². The first kappa shape index (κ1) is 19.7. The van der Waals surface area contributed by atoms with Gasteiger partial charge in [0.15, 0.2) is 5.76 Å². The Balaban J connectivity index is 1.36. The van der Waals surface area contributed by atoms with Crippen LogP contribution in [0.2, 0.25) is 0 Å². The lowest BCUT2D eigenvalue weighted by Gasteiger charge is -2.07. The van der Waals surface area contributed by atoms with Crippen LogP contribution in [0.3, 0.4) is 0 Å². The van der Waals surface area contributed by atoms with Crippen molar-refractivity contribution in [2.75, 3.05) is 5.32 Å². The molecule has 2 heterocycles. The molecule has 2 N–H and O–H groups in total. The van der Waals surface area contributed by atoms with E-state index < -0.39 is 5.25 Å². The normalized spacial score (nSPS) is 16.1. The SMILES string of the molecule is O=C(/C=C/c1cnoc1-c1ccccc1)Nc1ccc(CC2SC(=O)NC2=O)cc1. The highest BCUT2D eigenvalue weighted by molar-refractivity contribution is 8.15. The average molecular weight is 419 g/mol. The summed E-state index contributed by atoms with van der Waals surface area (Å²) in [4.78, 5) is 35.2. The van der Waals surface area contributed by atoms with E-state index in [1.165, 1.54) is 6.08 Å². The zero-order chi connectivity index (χ0) is 20.9. The summed E-state index contributed by atoms with van der Waals surface area (Å²) in [5.41, 5.74) is 3.11. The molecule has 8 heteroatoms. The van der Waals surface area contributed by atoms with Gasteiger partial charge in [-0.1, -0.05) is 59.4 Å². The second-order valence-electron chi connectivity index (χ2n) is 6.58. The Morgan fingerprint density at radius 1 is 1.13 bits per heavy atom. The molecule has 0 aliphatic carbocycles. The van der Waals surface area contributed by atoms with Crippen LogP contribution >= 0.6 is 11.8 Å². The molecule has 0 bridgehead atoms. The molecule has 1 aliphatic rings.